The van der Waals surface area contributed by atoms with Gasteiger partial charge in [0.25, 0.3) is 0 Å². The number of nitrogens with zero attached hydrogens (tertiary/aromatic N) is 3. The highest BCUT2D eigenvalue weighted by molar-refractivity contribution is 5.56. The first-order valence-electron chi connectivity index (χ1n) is 6.26. The monoisotopic (exact) mass is 264 g/mol. The van der Waals surface area contributed by atoms with E-state index in [1.807, 2.05) is 4.57 Å². The average Bonchev–Trinajstić information content (AvgIpc) is 2.81. The number of rotatable bonds is 2. The lowest BCUT2D eigenvalue weighted by Crippen LogP contribution is -2.26. The molecule has 3 rings (SSSR count). The van der Waals surface area contributed by atoms with Gasteiger partial charge in [0.15, 0.2) is 5.82 Å². The van der Waals surface area contributed by atoms with Crippen LogP contribution in [-0.4, -0.2) is 21.3 Å². The van der Waals surface area contributed by atoms with Crippen LogP contribution in [0.5, 0.6) is 0 Å². The van der Waals surface area contributed by atoms with Gasteiger partial charge in [-0.1, -0.05) is 0 Å². The van der Waals surface area contributed by atoms with Crippen LogP contribution in [0.4, 0.5) is 8.78 Å². The maximum absolute atomic E-state index is 13.8. The number of fused-ring (bicyclic) bond motifs is 1. The molecule has 2 heterocycles. The highest BCUT2D eigenvalue weighted by Gasteiger charge is 2.23. The Labute approximate surface area is 109 Å². The fourth-order valence-electron chi connectivity index (χ4n) is 2.46. The molecule has 1 aliphatic heterocycles. The van der Waals surface area contributed by atoms with Crippen molar-refractivity contribution in [2.75, 3.05) is 6.54 Å². The lowest BCUT2D eigenvalue weighted by Gasteiger charge is -2.23. The van der Waals surface area contributed by atoms with Gasteiger partial charge in [0.05, 0.1) is 5.56 Å². The van der Waals surface area contributed by atoms with Gasteiger partial charge in [-0.25, -0.2) is 8.78 Å². The van der Waals surface area contributed by atoms with E-state index in [0.717, 1.165) is 24.7 Å². The van der Waals surface area contributed by atoms with Crippen molar-refractivity contribution in [3.63, 3.8) is 0 Å². The zero-order valence-electron chi connectivity index (χ0n) is 10.3. The predicted octanol–water partition coefficient (Wildman–Crippen LogP) is 1.74. The third-order valence-electron chi connectivity index (χ3n) is 3.55. The van der Waals surface area contributed by atoms with Crippen LogP contribution in [0.2, 0.25) is 0 Å². The Morgan fingerprint density at radius 3 is 2.89 bits per heavy atom. The minimum absolute atomic E-state index is 0.276. The number of halogens is 2. The number of hydrogen-bond donors (Lipinski definition) is 1. The molecule has 2 aromatic rings. The van der Waals surface area contributed by atoms with E-state index in [-0.39, 0.29) is 5.56 Å². The van der Waals surface area contributed by atoms with Gasteiger partial charge in [-0.3, -0.25) is 0 Å². The molecule has 1 atom stereocenters. The Balaban J connectivity index is 2.05. The van der Waals surface area contributed by atoms with Crippen LogP contribution in [-0.2, 0) is 13.0 Å². The molecule has 1 aliphatic rings. The minimum atomic E-state index is -0.620. The van der Waals surface area contributed by atoms with Crippen molar-refractivity contribution in [3.05, 3.63) is 35.7 Å². The lowest BCUT2D eigenvalue weighted by atomic mass is 9.99. The summed E-state index contributed by atoms with van der Waals surface area (Å²) < 4.78 is 28.6. The number of benzene rings is 1. The lowest BCUT2D eigenvalue weighted by molar-refractivity contribution is 0.375. The summed E-state index contributed by atoms with van der Waals surface area (Å²) in [7, 11) is 0. The predicted molar refractivity (Wildman–Crippen MR) is 66.2 cm³/mol. The molecule has 0 fully saturated rings. The smallest absolute Gasteiger partial charge is 0.166 e. The minimum Gasteiger partial charge on any atom is -0.330 e. The van der Waals surface area contributed by atoms with Crippen LogP contribution < -0.4 is 5.73 Å². The summed E-state index contributed by atoms with van der Waals surface area (Å²) in [6.45, 7) is 1.27. The summed E-state index contributed by atoms with van der Waals surface area (Å²) in [5.74, 6) is 0.421. The normalized spacial score (nSPS) is 18.4. The SMILES string of the molecule is NCC1CCc2nnc(-c3ccc(F)cc3F)n2C1. The van der Waals surface area contributed by atoms with E-state index in [1.165, 1.54) is 12.1 Å². The fourth-order valence-corrected chi connectivity index (χ4v) is 2.46. The summed E-state index contributed by atoms with van der Waals surface area (Å²) in [5, 5.41) is 8.11. The molecule has 0 amide bonds. The first-order chi connectivity index (χ1) is 9.19. The zero-order chi connectivity index (χ0) is 13.4. The van der Waals surface area contributed by atoms with E-state index in [1.54, 1.807) is 0 Å². The van der Waals surface area contributed by atoms with Crippen molar-refractivity contribution < 1.29 is 8.78 Å². The summed E-state index contributed by atoms with van der Waals surface area (Å²) >= 11 is 0. The summed E-state index contributed by atoms with van der Waals surface area (Å²) in [5.41, 5.74) is 5.97. The van der Waals surface area contributed by atoms with E-state index in [2.05, 4.69) is 10.2 Å². The van der Waals surface area contributed by atoms with Crippen molar-refractivity contribution in [1.29, 1.82) is 0 Å². The van der Waals surface area contributed by atoms with Gasteiger partial charge >= 0.3 is 0 Å². The molecule has 0 radical (unpaired) electrons. The van der Waals surface area contributed by atoms with Crippen molar-refractivity contribution in [2.45, 2.75) is 19.4 Å². The summed E-state index contributed by atoms with van der Waals surface area (Å²) in [6.07, 6.45) is 1.76. The van der Waals surface area contributed by atoms with Gasteiger partial charge in [-0.05, 0) is 31.0 Å². The van der Waals surface area contributed by atoms with Crippen molar-refractivity contribution >= 4 is 0 Å². The molecular formula is C13H14F2N4. The molecule has 0 aliphatic carbocycles. The molecule has 0 bridgehead atoms. The van der Waals surface area contributed by atoms with Gasteiger partial charge in [0.2, 0.25) is 0 Å². The Bertz CT molecular complexity index is 609. The van der Waals surface area contributed by atoms with Crippen LogP contribution in [0.3, 0.4) is 0 Å². The highest BCUT2D eigenvalue weighted by Crippen LogP contribution is 2.27. The van der Waals surface area contributed by atoms with E-state index >= 15 is 0 Å². The Kier molecular flexibility index (Phi) is 3.02. The molecule has 1 aromatic heterocycles. The average molecular weight is 264 g/mol. The molecule has 19 heavy (non-hydrogen) atoms. The van der Waals surface area contributed by atoms with E-state index in [4.69, 9.17) is 5.73 Å². The molecule has 100 valence electrons. The maximum atomic E-state index is 13.8. The fraction of sp³-hybridized carbons (Fsp3) is 0.385. The van der Waals surface area contributed by atoms with Gasteiger partial charge in [0.1, 0.15) is 17.5 Å². The second-order valence-electron chi connectivity index (χ2n) is 4.82. The molecule has 0 saturated heterocycles. The van der Waals surface area contributed by atoms with E-state index in [0.29, 0.717) is 24.8 Å². The Morgan fingerprint density at radius 2 is 2.16 bits per heavy atom. The first kappa shape index (κ1) is 12.2. The van der Waals surface area contributed by atoms with Gasteiger partial charge in [-0.15, -0.1) is 10.2 Å². The Morgan fingerprint density at radius 1 is 1.32 bits per heavy atom. The van der Waals surface area contributed by atoms with E-state index < -0.39 is 11.6 Å². The van der Waals surface area contributed by atoms with Crippen molar-refractivity contribution in [2.24, 2.45) is 11.7 Å². The second-order valence-corrected chi connectivity index (χ2v) is 4.82. The zero-order valence-corrected chi connectivity index (χ0v) is 10.3. The van der Waals surface area contributed by atoms with Gasteiger partial charge in [-0.2, -0.15) is 0 Å². The van der Waals surface area contributed by atoms with Crippen LogP contribution in [0, 0.1) is 17.6 Å². The molecule has 1 unspecified atom stereocenters. The molecule has 6 heteroatoms. The quantitative estimate of drug-likeness (QED) is 0.899. The van der Waals surface area contributed by atoms with Crippen molar-refractivity contribution in [3.8, 4) is 11.4 Å². The topological polar surface area (TPSA) is 56.7 Å². The van der Waals surface area contributed by atoms with E-state index in [9.17, 15) is 8.78 Å². The summed E-state index contributed by atoms with van der Waals surface area (Å²) in [6, 6.07) is 3.48. The van der Waals surface area contributed by atoms with Crippen LogP contribution in [0.1, 0.15) is 12.2 Å². The molecule has 1 aromatic carbocycles. The van der Waals surface area contributed by atoms with Crippen LogP contribution in [0.25, 0.3) is 11.4 Å². The third kappa shape index (κ3) is 2.12. The largest absolute Gasteiger partial charge is 0.330 e. The third-order valence-corrected chi connectivity index (χ3v) is 3.55. The van der Waals surface area contributed by atoms with Crippen LogP contribution in [0.15, 0.2) is 18.2 Å². The first-order valence-corrected chi connectivity index (χ1v) is 6.26. The number of hydrogen-bond acceptors (Lipinski definition) is 3. The molecule has 0 saturated carbocycles. The molecule has 2 N–H and O–H groups in total. The highest BCUT2D eigenvalue weighted by atomic mass is 19.1. The molecule has 0 spiro atoms. The summed E-state index contributed by atoms with van der Waals surface area (Å²) in [4.78, 5) is 0. The number of aromatic nitrogens is 3. The van der Waals surface area contributed by atoms with Gasteiger partial charge in [0, 0.05) is 19.0 Å². The van der Waals surface area contributed by atoms with Crippen LogP contribution >= 0.6 is 0 Å². The molecular weight excluding hydrogens is 250 g/mol. The number of aryl methyl sites for hydroxylation is 1. The van der Waals surface area contributed by atoms with Crippen molar-refractivity contribution in [1.82, 2.24) is 14.8 Å². The number of nitrogens with two attached hydrogens (primary N) is 1. The molecule has 4 nitrogen and oxygen atoms in total. The standard InChI is InChI=1S/C13H14F2N4/c14-9-2-3-10(11(15)5-9)13-18-17-12-4-1-8(6-16)7-19(12)13/h2-3,5,8H,1,4,6-7,16H2. The second kappa shape index (κ2) is 4.70. The Hall–Kier alpha value is -1.82. The van der Waals surface area contributed by atoms with Gasteiger partial charge < -0.3 is 10.3 Å². The maximum Gasteiger partial charge on any atom is 0.166 e.